The minimum atomic E-state index is 0.188. The summed E-state index contributed by atoms with van der Waals surface area (Å²) >= 11 is 0. The number of furan rings is 1. The Kier molecular flexibility index (Phi) is 5.79. The van der Waals surface area contributed by atoms with E-state index >= 15 is 0 Å². The molecule has 0 saturated carbocycles. The van der Waals surface area contributed by atoms with Crippen LogP contribution in [0.5, 0.6) is 0 Å². The van der Waals surface area contributed by atoms with Crippen LogP contribution in [-0.4, -0.2) is 48.0 Å². The number of piperidine rings is 1. The fraction of sp³-hybridized carbons (Fsp3) is 0.625. The molecule has 1 aliphatic heterocycles. The Hall–Kier alpha value is -1.70. The first-order valence-corrected chi connectivity index (χ1v) is 8.00. The molecule has 0 aliphatic carbocycles. The van der Waals surface area contributed by atoms with Crippen molar-refractivity contribution in [3.05, 3.63) is 35.9 Å². The molecule has 3 rings (SSSR count). The zero-order valence-electron chi connectivity index (χ0n) is 13.4. The van der Waals surface area contributed by atoms with Crippen LogP contribution in [0.4, 0.5) is 0 Å². The monoisotopic (exact) mass is 321 g/mol. The summed E-state index contributed by atoms with van der Waals surface area (Å²) in [5, 5.41) is 3.91. The third-order valence-corrected chi connectivity index (χ3v) is 3.90. The summed E-state index contributed by atoms with van der Waals surface area (Å²) in [7, 11) is 1.65. The fourth-order valence-electron chi connectivity index (χ4n) is 2.75. The minimum Gasteiger partial charge on any atom is -0.468 e. The van der Waals surface area contributed by atoms with Gasteiger partial charge in [0.2, 0.25) is 0 Å². The fourth-order valence-corrected chi connectivity index (χ4v) is 2.75. The van der Waals surface area contributed by atoms with Crippen molar-refractivity contribution in [1.82, 2.24) is 15.0 Å². The van der Waals surface area contributed by atoms with E-state index in [9.17, 15) is 0 Å². The van der Waals surface area contributed by atoms with Crippen LogP contribution >= 0.6 is 0 Å². The summed E-state index contributed by atoms with van der Waals surface area (Å²) in [6.07, 6.45) is 4.73. The molecule has 0 radical (unpaired) electrons. The number of methoxy groups -OCH3 is 1. The van der Waals surface area contributed by atoms with E-state index in [0.29, 0.717) is 31.3 Å². The van der Waals surface area contributed by atoms with Gasteiger partial charge in [-0.2, -0.15) is 4.98 Å². The molecule has 0 N–H and O–H groups in total. The molecule has 0 spiro atoms. The first-order valence-electron chi connectivity index (χ1n) is 8.00. The maximum absolute atomic E-state index is 5.94. The molecule has 7 heteroatoms. The van der Waals surface area contributed by atoms with Crippen molar-refractivity contribution in [2.45, 2.75) is 38.5 Å². The predicted molar refractivity (Wildman–Crippen MR) is 81.7 cm³/mol. The highest BCUT2D eigenvalue weighted by Crippen LogP contribution is 2.17. The lowest BCUT2D eigenvalue weighted by molar-refractivity contribution is -0.0222. The quantitative estimate of drug-likeness (QED) is 0.736. The lowest BCUT2D eigenvalue weighted by Gasteiger charge is -2.31. The largest absolute Gasteiger partial charge is 0.468 e. The van der Waals surface area contributed by atoms with E-state index in [1.54, 1.807) is 13.4 Å². The maximum Gasteiger partial charge on any atom is 0.252 e. The number of hydrogen-bond donors (Lipinski definition) is 0. The van der Waals surface area contributed by atoms with Gasteiger partial charge in [0, 0.05) is 20.1 Å². The molecule has 1 unspecified atom stereocenters. The number of aromatic nitrogens is 2. The number of rotatable bonds is 8. The van der Waals surface area contributed by atoms with E-state index in [1.807, 2.05) is 12.1 Å². The van der Waals surface area contributed by atoms with E-state index in [4.69, 9.17) is 18.4 Å². The second-order valence-corrected chi connectivity index (χ2v) is 5.74. The van der Waals surface area contributed by atoms with Crippen molar-refractivity contribution in [1.29, 1.82) is 0 Å². The summed E-state index contributed by atoms with van der Waals surface area (Å²) < 4.78 is 21.5. The molecule has 0 bridgehead atoms. The minimum absolute atomic E-state index is 0.188. The van der Waals surface area contributed by atoms with Gasteiger partial charge in [0.1, 0.15) is 12.4 Å². The van der Waals surface area contributed by atoms with Crippen molar-refractivity contribution < 1.29 is 18.4 Å². The summed E-state index contributed by atoms with van der Waals surface area (Å²) in [6, 6.07) is 3.93. The van der Waals surface area contributed by atoms with E-state index < -0.39 is 0 Å². The molecule has 1 aliphatic rings. The highest BCUT2D eigenvalue weighted by molar-refractivity contribution is 4.98. The normalized spacial score (nSPS) is 19.3. The van der Waals surface area contributed by atoms with Crippen molar-refractivity contribution in [3.63, 3.8) is 0 Å². The molecule has 126 valence electrons. The number of likely N-dealkylation sites (tertiary alicyclic amines) is 1. The van der Waals surface area contributed by atoms with E-state index in [0.717, 1.165) is 38.2 Å². The van der Waals surface area contributed by atoms with Gasteiger partial charge in [0.25, 0.3) is 5.89 Å². The average Bonchev–Trinajstić information content (AvgIpc) is 3.23. The van der Waals surface area contributed by atoms with Gasteiger partial charge in [-0.15, -0.1) is 0 Å². The number of ether oxygens (including phenoxy) is 2. The van der Waals surface area contributed by atoms with Crippen LogP contribution in [0.2, 0.25) is 0 Å². The summed E-state index contributed by atoms with van der Waals surface area (Å²) in [5.41, 5.74) is 0. The molecule has 7 nitrogen and oxygen atoms in total. The van der Waals surface area contributed by atoms with Crippen LogP contribution in [-0.2, 0) is 29.0 Å². The van der Waals surface area contributed by atoms with Crippen molar-refractivity contribution in [2.24, 2.45) is 0 Å². The highest BCUT2D eigenvalue weighted by Gasteiger charge is 2.22. The molecule has 23 heavy (non-hydrogen) atoms. The Morgan fingerprint density at radius 3 is 3.22 bits per heavy atom. The highest BCUT2D eigenvalue weighted by atomic mass is 16.5. The Bertz CT molecular complexity index is 570. The topological polar surface area (TPSA) is 73.8 Å². The number of hydrogen-bond acceptors (Lipinski definition) is 7. The summed E-state index contributed by atoms with van der Waals surface area (Å²) in [5.74, 6) is 2.18. The molecule has 0 amide bonds. The Labute approximate surface area is 135 Å². The average molecular weight is 321 g/mol. The Morgan fingerprint density at radius 1 is 1.43 bits per heavy atom. The molecule has 2 aromatic heterocycles. The zero-order chi connectivity index (χ0) is 15.9. The van der Waals surface area contributed by atoms with Crippen molar-refractivity contribution in [3.8, 4) is 0 Å². The van der Waals surface area contributed by atoms with Crippen LogP contribution < -0.4 is 0 Å². The van der Waals surface area contributed by atoms with Gasteiger partial charge in [-0.1, -0.05) is 5.16 Å². The zero-order valence-corrected chi connectivity index (χ0v) is 13.4. The first kappa shape index (κ1) is 16.2. The number of nitrogens with zero attached hydrogens (tertiary/aromatic N) is 3. The molecule has 1 atom stereocenters. The van der Waals surface area contributed by atoms with Gasteiger partial charge in [-0.05, 0) is 31.5 Å². The van der Waals surface area contributed by atoms with Gasteiger partial charge in [-0.3, -0.25) is 4.90 Å². The van der Waals surface area contributed by atoms with Gasteiger partial charge in [-0.25, -0.2) is 0 Å². The molecule has 2 aromatic rings. The van der Waals surface area contributed by atoms with Crippen LogP contribution in [0.15, 0.2) is 27.3 Å². The van der Waals surface area contributed by atoms with Crippen molar-refractivity contribution in [2.75, 3.05) is 26.8 Å². The third-order valence-electron chi connectivity index (χ3n) is 3.90. The van der Waals surface area contributed by atoms with E-state index in [2.05, 4.69) is 15.0 Å². The summed E-state index contributed by atoms with van der Waals surface area (Å²) in [6.45, 7) is 3.74. The second-order valence-electron chi connectivity index (χ2n) is 5.74. The third kappa shape index (κ3) is 4.89. The van der Waals surface area contributed by atoms with E-state index in [1.165, 1.54) is 0 Å². The lowest BCUT2D eigenvalue weighted by atomic mass is 10.1. The van der Waals surface area contributed by atoms with Crippen LogP contribution in [0.3, 0.4) is 0 Å². The Balaban J connectivity index is 1.43. The first-order chi connectivity index (χ1) is 11.3. The molecule has 1 saturated heterocycles. The van der Waals surface area contributed by atoms with Gasteiger partial charge < -0.3 is 18.4 Å². The van der Waals surface area contributed by atoms with Crippen LogP contribution in [0, 0.1) is 0 Å². The van der Waals surface area contributed by atoms with Crippen LogP contribution in [0.1, 0.15) is 30.3 Å². The SMILES string of the molecule is COCCc1noc(COC2CCCN(Cc3ccco3)C2)n1. The Morgan fingerprint density at radius 2 is 2.39 bits per heavy atom. The second kappa shape index (κ2) is 8.24. The lowest BCUT2D eigenvalue weighted by Crippen LogP contribution is -2.39. The molecule has 0 aromatic carbocycles. The van der Waals surface area contributed by atoms with Crippen molar-refractivity contribution >= 4 is 0 Å². The van der Waals surface area contributed by atoms with Gasteiger partial charge in [0.05, 0.1) is 25.5 Å². The molecule has 3 heterocycles. The molecular formula is C16H23N3O4. The molecule has 1 fully saturated rings. The predicted octanol–water partition coefficient (Wildman–Crippen LogP) is 2.03. The maximum atomic E-state index is 5.94. The van der Waals surface area contributed by atoms with Crippen LogP contribution in [0.25, 0.3) is 0 Å². The summed E-state index contributed by atoms with van der Waals surface area (Å²) in [4.78, 5) is 6.65. The smallest absolute Gasteiger partial charge is 0.252 e. The molecular weight excluding hydrogens is 298 g/mol. The van der Waals surface area contributed by atoms with E-state index in [-0.39, 0.29) is 6.10 Å². The standard InChI is InChI=1S/C16H23N3O4/c1-20-9-6-15-17-16(23-18-15)12-22-14-4-2-7-19(11-14)10-13-5-3-8-21-13/h3,5,8,14H,2,4,6-7,9-12H2,1H3. The van der Waals surface area contributed by atoms with Gasteiger partial charge >= 0.3 is 0 Å². The van der Waals surface area contributed by atoms with Gasteiger partial charge in [0.15, 0.2) is 5.82 Å².